The van der Waals surface area contributed by atoms with Crippen LogP contribution in [0.1, 0.15) is 25.3 Å². The molecule has 1 saturated heterocycles. The summed E-state index contributed by atoms with van der Waals surface area (Å²) in [5.41, 5.74) is 1.71. The van der Waals surface area contributed by atoms with Crippen LogP contribution < -0.4 is 4.90 Å². The number of anilines is 1. The van der Waals surface area contributed by atoms with Crippen molar-refractivity contribution in [3.63, 3.8) is 0 Å². The molecule has 26 heavy (non-hydrogen) atoms. The van der Waals surface area contributed by atoms with Gasteiger partial charge in [-0.05, 0) is 24.8 Å². The van der Waals surface area contributed by atoms with Gasteiger partial charge >= 0.3 is 6.18 Å². The Morgan fingerprint density at radius 1 is 1.42 bits per heavy atom. The summed E-state index contributed by atoms with van der Waals surface area (Å²) in [7, 11) is 1.87. The van der Waals surface area contributed by atoms with Crippen molar-refractivity contribution in [1.82, 2.24) is 19.9 Å². The second-order valence-corrected chi connectivity index (χ2v) is 6.97. The van der Waals surface area contributed by atoms with Crippen LogP contribution in [0.2, 0.25) is 0 Å². The number of rotatable bonds is 3. The van der Waals surface area contributed by atoms with Crippen LogP contribution in [0.4, 0.5) is 19.0 Å². The number of likely N-dealkylation sites (tertiary alicyclic amines) is 1. The van der Waals surface area contributed by atoms with Gasteiger partial charge in [0.05, 0.1) is 11.4 Å². The molecule has 3 heterocycles. The zero-order chi connectivity index (χ0) is 19.1. The molecule has 0 radical (unpaired) electrons. The molecule has 3 rings (SSSR count). The van der Waals surface area contributed by atoms with Crippen LogP contribution in [0.5, 0.6) is 0 Å². The van der Waals surface area contributed by atoms with Gasteiger partial charge in [-0.3, -0.25) is 4.79 Å². The van der Waals surface area contributed by atoms with Gasteiger partial charge < -0.3 is 14.8 Å². The van der Waals surface area contributed by atoms with Gasteiger partial charge in [0.2, 0.25) is 5.91 Å². The Bertz CT molecular complexity index is 803. The van der Waals surface area contributed by atoms with Gasteiger partial charge in [0.1, 0.15) is 24.2 Å². The summed E-state index contributed by atoms with van der Waals surface area (Å²) in [5, 5.41) is 0.890. The fraction of sp³-hybridized carbons (Fsp3) is 0.588. The third-order valence-electron chi connectivity index (χ3n) is 5.10. The number of halogens is 3. The molecule has 2 atom stereocenters. The number of hydrogen-bond acceptors (Lipinski definition) is 4. The Labute approximate surface area is 149 Å². The van der Waals surface area contributed by atoms with Crippen molar-refractivity contribution < 1.29 is 18.0 Å². The van der Waals surface area contributed by atoms with Gasteiger partial charge in [-0.2, -0.15) is 13.2 Å². The van der Waals surface area contributed by atoms with Crippen molar-refractivity contribution in [2.24, 2.45) is 5.92 Å². The molecule has 9 heteroatoms. The van der Waals surface area contributed by atoms with E-state index in [9.17, 15) is 18.0 Å². The van der Waals surface area contributed by atoms with Crippen molar-refractivity contribution in [3.05, 3.63) is 18.1 Å². The van der Waals surface area contributed by atoms with Gasteiger partial charge in [-0.1, -0.05) is 6.92 Å². The number of carbonyl (C=O) groups is 1. The molecule has 0 spiro atoms. The summed E-state index contributed by atoms with van der Waals surface area (Å²) >= 11 is 0. The Morgan fingerprint density at radius 3 is 2.85 bits per heavy atom. The topological polar surface area (TPSA) is 65.1 Å². The molecule has 1 aliphatic rings. The fourth-order valence-corrected chi connectivity index (χ4v) is 3.58. The van der Waals surface area contributed by atoms with E-state index in [1.54, 1.807) is 0 Å². The number of aromatic amines is 1. The zero-order valence-electron chi connectivity index (χ0n) is 15.0. The predicted molar refractivity (Wildman–Crippen MR) is 91.8 cm³/mol. The second kappa shape index (κ2) is 6.77. The quantitative estimate of drug-likeness (QED) is 0.904. The van der Waals surface area contributed by atoms with E-state index < -0.39 is 18.5 Å². The monoisotopic (exact) mass is 369 g/mol. The number of nitrogens with zero attached hydrogens (tertiary/aromatic N) is 4. The van der Waals surface area contributed by atoms with Crippen LogP contribution in [-0.4, -0.2) is 58.1 Å². The third-order valence-corrected chi connectivity index (χ3v) is 5.10. The highest BCUT2D eigenvalue weighted by atomic mass is 19.4. The molecule has 1 amide bonds. The average Bonchev–Trinajstić information content (AvgIpc) is 2.94. The van der Waals surface area contributed by atoms with Crippen LogP contribution >= 0.6 is 0 Å². The van der Waals surface area contributed by atoms with Crippen molar-refractivity contribution >= 4 is 22.8 Å². The predicted octanol–water partition coefficient (Wildman–Crippen LogP) is 2.89. The molecule has 6 nitrogen and oxygen atoms in total. The van der Waals surface area contributed by atoms with E-state index in [0.717, 1.165) is 16.8 Å². The number of carbonyl (C=O) groups excluding carboxylic acids is 1. The second-order valence-electron chi connectivity index (χ2n) is 6.97. The van der Waals surface area contributed by atoms with Gasteiger partial charge in [0.25, 0.3) is 0 Å². The smallest absolute Gasteiger partial charge is 0.354 e. The number of fused-ring (bicyclic) bond motifs is 1. The molecule has 2 aromatic heterocycles. The fourth-order valence-electron chi connectivity index (χ4n) is 3.58. The summed E-state index contributed by atoms with van der Waals surface area (Å²) in [4.78, 5) is 27.0. The molecule has 0 saturated carbocycles. The maximum absolute atomic E-state index is 12.6. The van der Waals surface area contributed by atoms with Gasteiger partial charge in [0.15, 0.2) is 0 Å². The zero-order valence-corrected chi connectivity index (χ0v) is 15.0. The van der Waals surface area contributed by atoms with Gasteiger partial charge in [0, 0.05) is 26.3 Å². The number of amides is 1. The Kier molecular flexibility index (Phi) is 4.81. The lowest BCUT2D eigenvalue weighted by molar-refractivity contribution is -0.162. The average molecular weight is 369 g/mol. The van der Waals surface area contributed by atoms with Crippen LogP contribution in [0.3, 0.4) is 0 Å². The number of H-pyrrole nitrogens is 1. The minimum atomic E-state index is -4.48. The first-order valence-corrected chi connectivity index (χ1v) is 8.53. The number of nitrogens with one attached hydrogen (secondary N) is 1. The van der Waals surface area contributed by atoms with E-state index in [1.165, 1.54) is 11.2 Å². The standard InChI is InChI=1S/C17H22F3N5O/c1-10-4-5-25(13(26)6-17(18,19)20)8-12(10)24(3)16-14-11(2)7-21-15(14)22-9-23-16/h7,9-10,12H,4-6,8H2,1-3H3,(H,21,22,23)/t10-,12+/m1/s1. The van der Waals surface area contributed by atoms with Gasteiger partial charge in [-0.15, -0.1) is 0 Å². The molecule has 0 bridgehead atoms. The highest BCUT2D eigenvalue weighted by Crippen LogP contribution is 2.31. The van der Waals surface area contributed by atoms with E-state index in [-0.39, 0.29) is 18.5 Å². The maximum Gasteiger partial charge on any atom is 0.397 e. The minimum Gasteiger partial charge on any atom is -0.354 e. The molecule has 1 fully saturated rings. The lowest BCUT2D eigenvalue weighted by Crippen LogP contribution is -2.53. The lowest BCUT2D eigenvalue weighted by Gasteiger charge is -2.42. The first kappa shape index (κ1) is 18.5. The summed E-state index contributed by atoms with van der Waals surface area (Å²) < 4.78 is 37.7. The van der Waals surface area contributed by atoms with E-state index in [0.29, 0.717) is 18.6 Å². The summed E-state index contributed by atoms with van der Waals surface area (Å²) in [5.74, 6) is 0.0726. The molecule has 0 aromatic carbocycles. The van der Waals surface area contributed by atoms with E-state index in [2.05, 4.69) is 21.9 Å². The van der Waals surface area contributed by atoms with Crippen molar-refractivity contribution in [2.75, 3.05) is 25.0 Å². The van der Waals surface area contributed by atoms with Gasteiger partial charge in [-0.25, -0.2) is 9.97 Å². The maximum atomic E-state index is 12.6. The largest absolute Gasteiger partial charge is 0.397 e. The van der Waals surface area contributed by atoms with E-state index in [4.69, 9.17) is 0 Å². The van der Waals surface area contributed by atoms with Crippen LogP contribution in [0.25, 0.3) is 11.0 Å². The van der Waals surface area contributed by atoms with Crippen molar-refractivity contribution in [1.29, 1.82) is 0 Å². The molecular weight excluding hydrogens is 347 g/mol. The van der Waals surface area contributed by atoms with Crippen molar-refractivity contribution in [3.8, 4) is 0 Å². The molecule has 0 aliphatic carbocycles. The highest BCUT2D eigenvalue weighted by molar-refractivity contribution is 5.90. The first-order valence-electron chi connectivity index (χ1n) is 8.53. The molecule has 142 valence electrons. The van der Waals surface area contributed by atoms with E-state index in [1.807, 2.05) is 25.1 Å². The summed E-state index contributed by atoms with van der Waals surface area (Å²) in [6.45, 7) is 4.60. The Morgan fingerprint density at radius 2 is 2.15 bits per heavy atom. The van der Waals surface area contributed by atoms with Crippen molar-refractivity contribution in [2.45, 2.75) is 38.9 Å². The Hall–Kier alpha value is -2.32. The Balaban J connectivity index is 1.84. The van der Waals surface area contributed by atoms with Crippen LogP contribution in [-0.2, 0) is 4.79 Å². The molecular formula is C17H22F3N5O. The molecule has 1 aliphatic heterocycles. The van der Waals surface area contributed by atoms with E-state index >= 15 is 0 Å². The lowest BCUT2D eigenvalue weighted by atomic mass is 9.92. The summed E-state index contributed by atoms with van der Waals surface area (Å²) in [6, 6.07) is -0.117. The minimum absolute atomic E-state index is 0.117. The normalized spacial score (nSPS) is 21.2. The number of piperidine rings is 1. The number of aromatic nitrogens is 3. The SMILES string of the molecule is Cc1c[nH]c2ncnc(N(C)[C@H]3CN(C(=O)CC(F)(F)F)CC[C@H]3C)c12. The molecule has 0 unspecified atom stereocenters. The first-order chi connectivity index (χ1) is 12.2. The highest BCUT2D eigenvalue weighted by Gasteiger charge is 2.37. The third kappa shape index (κ3) is 3.61. The number of alkyl halides is 3. The molecule has 1 N–H and O–H groups in total. The summed E-state index contributed by atoms with van der Waals surface area (Å²) in [6.07, 6.45) is -1.93. The van der Waals surface area contributed by atoms with Crippen LogP contribution in [0, 0.1) is 12.8 Å². The number of hydrogen-bond donors (Lipinski definition) is 1. The number of aryl methyl sites for hydroxylation is 1. The number of likely N-dealkylation sites (N-methyl/N-ethyl adjacent to an activating group) is 1. The van der Waals surface area contributed by atoms with Crippen LogP contribution in [0.15, 0.2) is 12.5 Å². The molecule has 2 aromatic rings.